The van der Waals surface area contributed by atoms with E-state index in [1.165, 1.54) is 6.39 Å². The summed E-state index contributed by atoms with van der Waals surface area (Å²) in [6, 6.07) is 11.5. The molecule has 8 nitrogen and oxygen atoms in total. The standard InChI is InChI=1S/C26H28N2O6/c1-17-3-4-18(9-20(17)13-28-26(30)34-22-7-8-32-15-22)10-21(29)11-19-5-6-23(24(12-19)31-2)25-14-27-16-33-25/h3-6,9,12,14,16,22H,7-8,10-11,13,15H2,1-2H3,(H,28,30)/t22-/m0/s1. The molecule has 0 bridgehead atoms. The van der Waals surface area contributed by atoms with Crippen LogP contribution in [0, 0.1) is 6.92 Å². The van der Waals surface area contributed by atoms with Crippen LogP contribution in [0.15, 0.2) is 53.4 Å². The van der Waals surface area contributed by atoms with Gasteiger partial charge in [-0.1, -0.05) is 24.3 Å². The van der Waals surface area contributed by atoms with Gasteiger partial charge < -0.3 is 23.9 Å². The summed E-state index contributed by atoms with van der Waals surface area (Å²) in [5, 5.41) is 2.79. The first-order chi connectivity index (χ1) is 16.5. The molecule has 1 amide bonds. The summed E-state index contributed by atoms with van der Waals surface area (Å²) in [5.41, 5.74) is 4.52. The number of Topliss-reactive ketones (excluding diaryl/α,β-unsaturated/α-hetero) is 1. The third kappa shape index (κ3) is 6.02. The van der Waals surface area contributed by atoms with Crippen molar-refractivity contribution in [3.63, 3.8) is 0 Å². The lowest BCUT2D eigenvalue weighted by molar-refractivity contribution is -0.117. The van der Waals surface area contributed by atoms with E-state index in [0.29, 0.717) is 37.7 Å². The maximum absolute atomic E-state index is 12.8. The number of methoxy groups -OCH3 is 1. The van der Waals surface area contributed by atoms with E-state index in [9.17, 15) is 9.59 Å². The quantitative estimate of drug-likeness (QED) is 0.510. The minimum absolute atomic E-state index is 0.0814. The Morgan fingerprint density at radius 3 is 2.65 bits per heavy atom. The van der Waals surface area contributed by atoms with E-state index in [0.717, 1.165) is 34.2 Å². The van der Waals surface area contributed by atoms with E-state index in [2.05, 4.69) is 10.3 Å². The van der Waals surface area contributed by atoms with Crippen LogP contribution in [-0.2, 0) is 33.7 Å². The summed E-state index contributed by atoms with van der Waals surface area (Å²) < 4.78 is 21.4. The van der Waals surface area contributed by atoms with Gasteiger partial charge in [-0.15, -0.1) is 0 Å². The molecule has 0 saturated carbocycles. The first-order valence-electron chi connectivity index (χ1n) is 11.2. The fraction of sp³-hybridized carbons (Fsp3) is 0.346. The maximum Gasteiger partial charge on any atom is 0.407 e. The SMILES string of the molecule is COc1cc(CC(=O)Cc2ccc(C)c(CNC(=O)O[C@H]3CCOC3)c2)ccc1-c1cnco1. The van der Waals surface area contributed by atoms with Crippen LogP contribution in [0.1, 0.15) is 28.7 Å². The largest absolute Gasteiger partial charge is 0.496 e. The Bertz CT molecular complexity index is 1140. The molecule has 0 aliphatic carbocycles. The van der Waals surface area contributed by atoms with Crippen molar-refractivity contribution >= 4 is 11.9 Å². The minimum Gasteiger partial charge on any atom is -0.496 e. The van der Waals surface area contributed by atoms with Crippen LogP contribution in [0.25, 0.3) is 11.3 Å². The van der Waals surface area contributed by atoms with Crippen molar-refractivity contribution in [3.05, 3.63) is 71.2 Å². The van der Waals surface area contributed by atoms with Crippen molar-refractivity contribution in [2.24, 2.45) is 0 Å². The number of ketones is 1. The molecule has 0 unspecified atom stereocenters. The predicted molar refractivity (Wildman–Crippen MR) is 125 cm³/mol. The second-order valence-corrected chi connectivity index (χ2v) is 8.30. The number of alkyl carbamates (subject to hydrolysis) is 1. The third-order valence-corrected chi connectivity index (χ3v) is 5.76. The van der Waals surface area contributed by atoms with Crippen LogP contribution in [-0.4, -0.2) is 43.3 Å². The van der Waals surface area contributed by atoms with E-state index in [-0.39, 0.29) is 18.3 Å². The number of ether oxygens (including phenoxy) is 3. The zero-order chi connectivity index (χ0) is 23.9. The number of hydrogen-bond donors (Lipinski definition) is 1. The third-order valence-electron chi connectivity index (χ3n) is 5.76. The Balaban J connectivity index is 1.35. The summed E-state index contributed by atoms with van der Waals surface area (Å²) in [4.78, 5) is 28.8. The molecular weight excluding hydrogens is 436 g/mol. The van der Waals surface area contributed by atoms with Crippen molar-refractivity contribution in [3.8, 4) is 17.1 Å². The van der Waals surface area contributed by atoms with Gasteiger partial charge >= 0.3 is 6.09 Å². The fourth-order valence-electron chi connectivity index (χ4n) is 3.91. The Kier molecular flexibility index (Phi) is 7.59. The molecule has 3 aromatic rings. The van der Waals surface area contributed by atoms with Crippen LogP contribution in [0.4, 0.5) is 4.79 Å². The molecule has 1 fully saturated rings. The molecule has 0 spiro atoms. The average molecular weight is 465 g/mol. The molecule has 1 saturated heterocycles. The lowest BCUT2D eigenvalue weighted by Crippen LogP contribution is -2.29. The van der Waals surface area contributed by atoms with Gasteiger partial charge in [0.25, 0.3) is 0 Å². The molecule has 1 aromatic heterocycles. The Labute approximate surface area is 198 Å². The molecule has 2 heterocycles. The second-order valence-electron chi connectivity index (χ2n) is 8.30. The van der Waals surface area contributed by atoms with Crippen molar-refractivity contribution in [2.75, 3.05) is 20.3 Å². The number of oxazole rings is 1. The lowest BCUT2D eigenvalue weighted by Gasteiger charge is -2.13. The van der Waals surface area contributed by atoms with Gasteiger partial charge in [0.1, 0.15) is 17.6 Å². The van der Waals surface area contributed by atoms with E-state index < -0.39 is 6.09 Å². The highest BCUT2D eigenvalue weighted by atomic mass is 16.6. The van der Waals surface area contributed by atoms with Gasteiger partial charge in [-0.25, -0.2) is 9.78 Å². The molecule has 1 atom stereocenters. The Hall–Kier alpha value is -3.65. The first-order valence-corrected chi connectivity index (χ1v) is 11.2. The monoisotopic (exact) mass is 464 g/mol. The molecule has 0 radical (unpaired) electrons. The highest BCUT2D eigenvalue weighted by Crippen LogP contribution is 2.30. The van der Waals surface area contributed by atoms with E-state index in [1.54, 1.807) is 13.3 Å². The van der Waals surface area contributed by atoms with Crippen LogP contribution >= 0.6 is 0 Å². The number of nitrogens with zero attached hydrogens (tertiary/aromatic N) is 1. The zero-order valence-corrected chi connectivity index (χ0v) is 19.3. The first kappa shape index (κ1) is 23.5. The number of amides is 1. The average Bonchev–Trinajstić information content (AvgIpc) is 3.54. The lowest BCUT2D eigenvalue weighted by atomic mass is 9.98. The van der Waals surface area contributed by atoms with Crippen LogP contribution in [0.2, 0.25) is 0 Å². The van der Waals surface area contributed by atoms with Gasteiger partial charge in [0.05, 0.1) is 32.1 Å². The molecule has 34 heavy (non-hydrogen) atoms. The second kappa shape index (κ2) is 11.0. The normalized spacial score (nSPS) is 15.2. The predicted octanol–water partition coefficient (Wildman–Crippen LogP) is 4.03. The Morgan fingerprint density at radius 1 is 1.15 bits per heavy atom. The fourth-order valence-corrected chi connectivity index (χ4v) is 3.91. The van der Waals surface area contributed by atoms with Gasteiger partial charge in [-0.05, 0) is 41.3 Å². The van der Waals surface area contributed by atoms with Crippen molar-refractivity contribution in [1.29, 1.82) is 0 Å². The molecule has 2 aromatic carbocycles. The van der Waals surface area contributed by atoms with Gasteiger partial charge in [0.15, 0.2) is 12.2 Å². The molecule has 8 heteroatoms. The van der Waals surface area contributed by atoms with E-state index >= 15 is 0 Å². The van der Waals surface area contributed by atoms with Gasteiger partial charge in [0, 0.05) is 25.8 Å². The summed E-state index contributed by atoms with van der Waals surface area (Å²) in [7, 11) is 1.58. The van der Waals surface area contributed by atoms with Gasteiger partial charge in [0.2, 0.25) is 0 Å². The van der Waals surface area contributed by atoms with Crippen LogP contribution in [0.5, 0.6) is 5.75 Å². The van der Waals surface area contributed by atoms with Crippen molar-refractivity contribution in [2.45, 2.75) is 38.8 Å². The van der Waals surface area contributed by atoms with Crippen LogP contribution < -0.4 is 10.1 Å². The number of nitrogens with one attached hydrogen (secondary N) is 1. The number of rotatable bonds is 9. The molecular formula is C26H28N2O6. The Morgan fingerprint density at radius 2 is 1.94 bits per heavy atom. The number of hydrogen-bond acceptors (Lipinski definition) is 7. The number of aromatic nitrogens is 1. The van der Waals surface area contributed by atoms with Crippen LogP contribution in [0.3, 0.4) is 0 Å². The molecule has 1 aliphatic rings. The highest BCUT2D eigenvalue weighted by molar-refractivity contribution is 5.83. The number of benzene rings is 2. The van der Waals surface area contributed by atoms with E-state index in [4.69, 9.17) is 18.6 Å². The zero-order valence-electron chi connectivity index (χ0n) is 19.3. The van der Waals surface area contributed by atoms with Crippen molar-refractivity contribution in [1.82, 2.24) is 10.3 Å². The summed E-state index contributed by atoms with van der Waals surface area (Å²) in [6.07, 6.45) is 3.64. The summed E-state index contributed by atoms with van der Waals surface area (Å²) in [5.74, 6) is 1.32. The molecule has 4 rings (SSSR count). The molecule has 178 valence electrons. The van der Waals surface area contributed by atoms with Crippen molar-refractivity contribution < 1.29 is 28.2 Å². The van der Waals surface area contributed by atoms with Gasteiger partial charge in [-0.2, -0.15) is 0 Å². The number of carbonyl (C=O) groups excluding carboxylic acids is 2. The minimum atomic E-state index is -0.459. The molecule has 1 N–H and O–H groups in total. The highest BCUT2D eigenvalue weighted by Gasteiger charge is 2.20. The smallest absolute Gasteiger partial charge is 0.407 e. The maximum atomic E-state index is 12.8. The van der Waals surface area contributed by atoms with Gasteiger partial charge in [-0.3, -0.25) is 4.79 Å². The summed E-state index contributed by atoms with van der Waals surface area (Å²) in [6.45, 7) is 3.37. The summed E-state index contributed by atoms with van der Waals surface area (Å²) >= 11 is 0. The number of aryl methyl sites for hydroxylation is 1. The van der Waals surface area contributed by atoms with E-state index in [1.807, 2.05) is 43.3 Å². The number of carbonyl (C=O) groups is 2. The topological polar surface area (TPSA) is 99.9 Å². The molecule has 1 aliphatic heterocycles.